The molecule has 1 aromatic rings. The highest BCUT2D eigenvalue weighted by atomic mass is 19.4. The van der Waals surface area contributed by atoms with Gasteiger partial charge in [-0.05, 0) is 54.4 Å². The number of hydrogen-bond acceptors (Lipinski definition) is 1. The molecule has 1 saturated carbocycles. The van der Waals surface area contributed by atoms with Crippen LogP contribution in [0.3, 0.4) is 0 Å². The van der Waals surface area contributed by atoms with Gasteiger partial charge in [-0.25, -0.2) is 4.39 Å². The highest BCUT2D eigenvalue weighted by Gasteiger charge is 2.48. The Kier molecular flexibility index (Phi) is 2.85. The normalized spacial score (nSPS) is 22.1. The molecule has 19 heavy (non-hydrogen) atoms. The lowest BCUT2D eigenvalue weighted by molar-refractivity contribution is -0.137. The van der Waals surface area contributed by atoms with Crippen LogP contribution < -0.4 is 5.32 Å². The Balaban J connectivity index is 1.69. The van der Waals surface area contributed by atoms with E-state index in [0.29, 0.717) is 29.4 Å². The highest BCUT2D eigenvalue weighted by molar-refractivity contribution is 5.27. The molecule has 0 bridgehead atoms. The molecule has 2 fully saturated rings. The maximum atomic E-state index is 13.2. The van der Waals surface area contributed by atoms with Crippen LogP contribution in [0.1, 0.15) is 24.0 Å². The van der Waals surface area contributed by atoms with Gasteiger partial charge in [-0.3, -0.25) is 0 Å². The van der Waals surface area contributed by atoms with Crippen LogP contribution in [-0.4, -0.2) is 13.1 Å². The third-order valence-corrected chi connectivity index (χ3v) is 4.25. The van der Waals surface area contributed by atoms with Gasteiger partial charge < -0.3 is 5.32 Å². The molecule has 1 aliphatic heterocycles. The number of nitrogens with one attached hydrogen (secondary N) is 1. The second-order valence-electron chi connectivity index (χ2n) is 5.93. The molecule has 1 spiro atoms. The van der Waals surface area contributed by atoms with Crippen molar-refractivity contribution in [1.82, 2.24) is 5.32 Å². The van der Waals surface area contributed by atoms with Crippen molar-refractivity contribution >= 4 is 0 Å². The summed E-state index contributed by atoms with van der Waals surface area (Å²) in [6, 6.07) is 2.86. The fourth-order valence-electron chi connectivity index (χ4n) is 3.34. The predicted octanol–water partition coefficient (Wildman–Crippen LogP) is 3.39. The molecule has 1 N–H and O–H groups in total. The molecule has 0 radical (unpaired) electrons. The zero-order chi connectivity index (χ0) is 13.7. The van der Waals surface area contributed by atoms with Crippen LogP contribution in [0.5, 0.6) is 0 Å². The second-order valence-corrected chi connectivity index (χ2v) is 5.93. The largest absolute Gasteiger partial charge is 0.416 e. The SMILES string of the molecule is Fc1cc(CC2CC3(CNC3)C2)cc(C(F)(F)F)c1. The molecule has 2 aliphatic rings. The first-order chi connectivity index (χ1) is 8.86. The number of benzene rings is 1. The predicted molar refractivity (Wildman–Crippen MR) is 63.1 cm³/mol. The maximum Gasteiger partial charge on any atom is 0.416 e. The molecule has 0 unspecified atom stereocenters. The molecule has 3 rings (SSSR count). The van der Waals surface area contributed by atoms with Crippen LogP contribution in [0.15, 0.2) is 18.2 Å². The Morgan fingerprint density at radius 2 is 1.84 bits per heavy atom. The molecular formula is C14H15F4N. The fraction of sp³-hybridized carbons (Fsp3) is 0.571. The summed E-state index contributed by atoms with van der Waals surface area (Å²) in [4.78, 5) is 0. The molecule has 5 heteroatoms. The van der Waals surface area contributed by atoms with Gasteiger partial charge in [0, 0.05) is 13.1 Å². The minimum Gasteiger partial charge on any atom is -0.316 e. The summed E-state index contributed by atoms with van der Waals surface area (Å²) < 4.78 is 51.0. The Bertz CT molecular complexity index is 483. The van der Waals surface area contributed by atoms with Crippen molar-refractivity contribution in [3.05, 3.63) is 35.1 Å². The molecule has 0 amide bonds. The average molecular weight is 273 g/mol. The van der Waals surface area contributed by atoms with Crippen molar-refractivity contribution in [3.8, 4) is 0 Å². The van der Waals surface area contributed by atoms with E-state index in [-0.39, 0.29) is 0 Å². The standard InChI is InChI=1S/C14H15F4N/c15-12-3-9(2-11(4-12)14(16,17)18)1-10-5-13(6-10)7-19-8-13/h2-4,10,19H,1,5-8H2. The number of rotatable bonds is 2. The molecule has 1 heterocycles. The molecule has 1 aliphatic carbocycles. The monoisotopic (exact) mass is 273 g/mol. The van der Waals surface area contributed by atoms with E-state index in [1.54, 1.807) is 0 Å². The maximum absolute atomic E-state index is 13.2. The summed E-state index contributed by atoms with van der Waals surface area (Å²) in [6.45, 7) is 2.03. The summed E-state index contributed by atoms with van der Waals surface area (Å²) in [5.74, 6) is -0.408. The first-order valence-corrected chi connectivity index (χ1v) is 6.44. The first-order valence-electron chi connectivity index (χ1n) is 6.44. The van der Waals surface area contributed by atoms with Crippen molar-refractivity contribution < 1.29 is 17.6 Å². The van der Waals surface area contributed by atoms with E-state index in [1.165, 1.54) is 6.07 Å². The lowest BCUT2D eigenvalue weighted by Gasteiger charge is -2.54. The van der Waals surface area contributed by atoms with Gasteiger partial charge in [0.1, 0.15) is 5.82 Å². The third-order valence-electron chi connectivity index (χ3n) is 4.25. The van der Waals surface area contributed by atoms with E-state index in [2.05, 4.69) is 5.32 Å². The van der Waals surface area contributed by atoms with Crippen molar-refractivity contribution in [2.75, 3.05) is 13.1 Å². The average Bonchev–Trinajstić information content (AvgIpc) is 2.18. The first kappa shape index (κ1) is 12.9. The van der Waals surface area contributed by atoms with E-state index in [0.717, 1.165) is 32.0 Å². The van der Waals surface area contributed by atoms with Crippen molar-refractivity contribution in [3.63, 3.8) is 0 Å². The smallest absolute Gasteiger partial charge is 0.316 e. The van der Waals surface area contributed by atoms with E-state index >= 15 is 0 Å². The molecule has 104 valence electrons. The van der Waals surface area contributed by atoms with Gasteiger partial charge >= 0.3 is 6.18 Å². The van der Waals surface area contributed by atoms with Gasteiger partial charge in [-0.15, -0.1) is 0 Å². The van der Waals surface area contributed by atoms with Crippen LogP contribution in [0.2, 0.25) is 0 Å². The van der Waals surface area contributed by atoms with Crippen LogP contribution >= 0.6 is 0 Å². The zero-order valence-corrected chi connectivity index (χ0v) is 10.4. The van der Waals surface area contributed by atoms with Gasteiger partial charge in [-0.1, -0.05) is 0 Å². The minimum atomic E-state index is -4.48. The summed E-state index contributed by atoms with van der Waals surface area (Å²) in [5, 5.41) is 3.22. The Morgan fingerprint density at radius 1 is 1.16 bits per heavy atom. The molecule has 1 aromatic carbocycles. The number of hydrogen-bond donors (Lipinski definition) is 1. The van der Waals surface area contributed by atoms with Crippen molar-refractivity contribution in [1.29, 1.82) is 0 Å². The molecule has 1 saturated heterocycles. The van der Waals surface area contributed by atoms with E-state index in [1.807, 2.05) is 0 Å². The van der Waals surface area contributed by atoms with E-state index < -0.39 is 17.6 Å². The summed E-state index contributed by atoms with van der Waals surface area (Å²) in [7, 11) is 0. The summed E-state index contributed by atoms with van der Waals surface area (Å²) in [5.41, 5.74) is -0.0356. The Labute approximate surface area is 109 Å². The van der Waals surface area contributed by atoms with Crippen LogP contribution in [-0.2, 0) is 12.6 Å². The molecule has 0 atom stereocenters. The fourth-order valence-corrected chi connectivity index (χ4v) is 3.34. The zero-order valence-electron chi connectivity index (χ0n) is 10.4. The van der Waals surface area contributed by atoms with Gasteiger partial charge in [-0.2, -0.15) is 13.2 Å². The van der Waals surface area contributed by atoms with Crippen molar-refractivity contribution in [2.24, 2.45) is 11.3 Å². The second kappa shape index (κ2) is 4.20. The van der Waals surface area contributed by atoms with E-state index in [9.17, 15) is 17.6 Å². The summed E-state index contributed by atoms with van der Waals surface area (Å²) in [6.07, 6.45) is -1.85. The Morgan fingerprint density at radius 3 is 2.37 bits per heavy atom. The minimum absolute atomic E-state index is 0.394. The lowest BCUT2D eigenvalue weighted by atomic mass is 9.57. The lowest BCUT2D eigenvalue weighted by Crippen LogP contribution is -2.60. The topological polar surface area (TPSA) is 12.0 Å². The molecule has 1 nitrogen and oxygen atoms in total. The number of halogens is 4. The van der Waals surface area contributed by atoms with Gasteiger partial charge in [0.2, 0.25) is 0 Å². The molecule has 0 aromatic heterocycles. The van der Waals surface area contributed by atoms with Crippen molar-refractivity contribution in [2.45, 2.75) is 25.4 Å². The van der Waals surface area contributed by atoms with Crippen LogP contribution in [0.25, 0.3) is 0 Å². The number of alkyl halides is 3. The molecular weight excluding hydrogens is 258 g/mol. The van der Waals surface area contributed by atoms with Gasteiger partial charge in [0.25, 0.3) is 0 Å². The Hall–Kier alpha value is -1.10. The quantitative estimate of drug-likeness (QED) is 0.814. The summed E-state index contributed by atoms with van der Waals surface area (Å²) >= 11 is 0. The van der Waals surface area contributed by atoms with Gasteiger partial charge in [0.15, 0.2) is 0 Å². The van der Waals surface area contributed by atoms with Gasteiger partial charge in [0.05, 0.1) is 5.56 Å². The van der Waals surface area contributed by atoms with E-state index in [4.69, 9.17) is 0 Å². The van der Waals surface area contributed by atoms with Crippen LogP contribution in [0.4, 0.5) is 17.6 Å². The van der Waals surface area contributed by atoms with Crippen LogP contribution in [0, 0.1) is 17.2 Å². The highest BCUT2D eigenvalue weighted by Crippen LogP contribution is 2.49. The third kappa shape index (κ3) is 2.48.